The molecule has 0 unspecified atom stereocenters. The van der Waals surface area contributed by atoms with Gasteiger partial charge in [0.05, 0.1) is 4.48 Å². The number of amidine groups is 1. The van der Waals surface area contributed by atoms with Crippen molar-refractivity contribution in [1.82, 2.24) is 10.4 Å². The van der Waals surface area contributed by atoms with Crippen molar-refractivity contribution in [3.05, 3.63) is 23.0 Å². The number of carbonyl (C=O) groups excluding carboxylic acids is 1. The minimum absolute atomic E-state index is 0.0197. The van der Waals surface area contributed by atoms with Gasteiger partial charge < -0.3 is 10.5 Å². The Morgan fingerprint density at radius 2 is 1.96 bits per heavy atom. The van der Waals surface area contributed by atoms with Gasteiger partial charge in [0.2, 0.25) is 0 Å². The van der Waals surface area contributed by atoms with Gasteiger partial charge in [-0.25, -0.2) is 15.2 Å². The van der Waals surface area contributed by atoms with Crippen molar-refractivity contribution in [1.29, 1.82) is 5.26 Å². The van der Waals surface area contributed by atoms with Gasteiger partial charge in [-0.2, -0.15) is 5.26 Å². The highest BCUT2D eigenvalue weighted by Gasteiger charge is 2.25. The number of nitrogens with two attached hydrogens (primary N) is 1. The van der Waals surface area contributed by atoms with Crippen LogP contribution in [0.15, 0.2) is 28.0 Å². The summed E-state index contributed by atoms with van der Waals surface area (Å²) in [6.45, 7) is 15.2. The van der Waals surface area contributed by atoms with Crippen LogP contribution in [0, 0.1) is 16.7 Å². The molecule has 0 bridgehead atoms. The van der Waals surface area contributed by atoms with Crippen LogP contribution in [0.3, 0.4) is 0 Å². The molecule has 3 N–H and O–H groups in total. The number of hydrogen-bond donors (Lipinski definition) is 2. The van der Waals surface area contributed by atoms with Crippen LogP contribution >= 0.6 is 15.9 Å². The van der Waals surface area contributed by atoms with Crippen molar-refractivity contribution >= 4 is 27.9 Å². The highest BCUT2D eigenvalue weighted by Crippen LogP contribution is 2.19. The third kappa shape index (κ3) is 9.20. The standard InChI is InChI=1S/C16H26BrN5O2/c1-11(8-18)20-13(12(17)9-19)22(10-15(2,3)4)21-14(23)24-16(5,6)7/h9H,1,10,19H2,2-7H3,(H,21,23)/b12-9+,20-13?. The van der Waals surface area contributed by atoms with Gasteiger partial charge in [0.1, 0.15) is 17.4 Å². The monoisotopic (exact) mass is 399 g/mol. The number of aliphatic imine (C=N–C) groups is 1. The maximum Gasteiger partial charge on any atom is 0.426 e. The van der Waals surface area contributed by atoms with Crippen LogP contribution in [0.25, 0.3) is 0 Å². The summed E-state index contributed by atoms with van der Waals surface area (Å²) in [7, 11) is 0. The van der Waals surface area contributed by atoms with E-state index in [1.54, 1.807) is 20.8 Å². The molecule has 0 aliphatic carbocycles. The van der Waals surface area contributed by atoms with Crippen molar-refractivity contribution in [2.75, 3.05) is 6.54 Å². The zero-order valence-electron chi connectivity index (χ0n) is 15.1. The molecular formula is C16H26BrN5O2. The lowest BCUT2D eigenvalue weighted by Gasteiger charge is -2.33. The Hall–Kier alpha value is -2.01. The summed E-state index contributed by atoms with van der Waals surface area (Å²) in [6.07, 6.45) is 0.634. The predicted octanol–water partition coefficient (Wildman–Crippen LogP) is 3.40. The van der Waals surface area contributed by atoms with Gasteiger partial charge >= 0.3 is 6.09 Å². The maximum absolute atomic E-state index is 12.1. The van der Waals surface area contributed by atoms with Gasteiger partial charge in [0, 0.05) is 12.7 Å². The van der Waals surface area contributed by atoms with E-state index in [1.165, 1.54) is 11.2 Å². The van der Waals surface area contributed by atoms with E-state index in [4.69, 9.17) is 15.7 Å². The summed E-state index contributed by atoms with van der Waals surface area (Å²) in [4.78, 5) is 16.3. The lowest BCUT2D eigenvalue weighted by molar-refractivity contribution is 0.0391. The van der Waals surface area contributed by atoms with Crippen molar-refractivity contribution in [3.63, 3.8) is 0 Å². The number of hydrogen-bond acceptors (Lipinski definition) is 5. The molecule has 0 aromatic heterocycles. The van der Waals surface area contributed by atoms with E-state index in [0.29, 0.717) is 11.0 Å². The molecule has 0 saturated heterocycles. The first-order valence-electron chi connectivity index (χ1n) is 7.31. The molecule has 0 aromatic rings. The Labute approximate surface area is 152 Å². The number of allylic oxidation sites excluding steroid dienone is 1. The third-order valence-corrected chi connectivity index (χ3v) is 2.86. The average molecular weight is 400 g/mol. The number of nitrogens with one attached hydrogen (secondary N) is 1. The summed E-state index contributed by atoms with van der Waals surface area (Å²) in [6, 6.07) is 1.84. The molecule has 0 aromatic carbocycles. The predicted molar refractivity (Wildman–Crippen MR) is 98.9 cm³/mol. The number of rotatable bonds is 3. The molecule has 8 heteroatoms. The first-order valence-corrected chi connectivity index (χ1v) is 8.11. The molecule has 24 heavy (non-hydrogen) atoms. The van der Waals surface area contributed by atoms with E-state index < -0.39 is 11.7 Å². The van der Waals surface area contributed by atoms with Gasteiger partial charge in [-0.15, -0.1) is 0 Å². The van der Waals surface area contributed by atoms with Crippen LogP contribution in [-0.2, 0) is 4.74 Å². The van der Waals surface area contributed by atoms with Crippen LogP contribution in [0.4, 0.5) is 4.79 Å². The van der Waals surface area contributed by atoms with Crippen LogP contribution in [0.5, 0.6) is 0 Å². The lowest BCUT2D eigenvalue weighted by atomic mass is 9.96. The van der Waals surface area contributed by atoms with E-state index in [1.807, 2.05) is 26.8 Å². The number of nitrogens with zero attached hydrogens (tertiary/aromatic N) is 3. The fraction of sp³-hybridized carbons (Fsp3) is 0.562. The smallest absolute Gasteiger partial charge is 0.426 e. The highest BCUT2D eigenvalue weighted by atomic mass is 79.9. The summed E-state index contributed by atoms with van der Waals surface area (Å²) >= 11 is 3.28. The zero-order chi connectivity index (χ0) is 19.1. The Balaban J connectivity index is 5.72. The number of halogens is 1. The molecule has 0 atom stereocenters. The van der Waals surface area contributed by atoms with Crippen molar-refractivity contribution < 1.29 is 9.53 Å². The third-order valence-electron chi connectivity index (χ3n) is 2.24. The molecule has 0 aliphatic rings. The number of hydrazine groups is 1. The van der Waals surface area contributed by atoms with Crippen LogP contribution in [0.2, 0.25) is 0 Å². The van der Waals surface area contributed by atoms with E-state index in [9.17, 15) is 4.79 Å². The molecule has 134 valence electrons. The second-order valence-corrected chi connectivity index (χ2v) is 8.12. The topological polar surface area (TPSA) is 104 Å². The zero-order valence-corrected chi connectivity index (χ0v) is 16.7. The Bertz CT molecular complexity index is 577. The van der Waals surface area contributed by atoms with Crippen molar-refractivity contribution in [2.24, 2.45) is 16.1 Å². The summed E-state index contributed by atoms with van der Waals surface area (Å²) < 4.78 is 5.68. The van der Waals surface area contributed by atoms with E-state index in [0.717, 1.165) is 0 Å². The van der Waals surface area contributed by atoms with Gasteiger partial charge in [0.15, 0.2) is 5.84 Å². The molecule has 0 spiro atoms. The minimum Gasteiger partial charge on any atom is -0.443 e. The number of ether oxygens (including phenoxy) is 1. The first kappa shape index (κ1) is 22.0. The Morgan fingerprint density at radius 3 is 2.33 bits per heavy atom. The molecule has 7 nitrogen and oxygen atoms in total. The normalized spacial score (nSPS) is 13.1. The molecule has 0 saturated carbocycles. The van der Waals surface area contributed by atoms with E-state index in [-0.39, 0.29) is 16.9 Å². The van der Waals surface area contributed by atoms with Crippen molar-refractivity contribution in [2.45, 2.75) is 47.1 Å². The summed E-state index contributed by atoms with van der Waals surface area (Å²) in [5.74, 6) is 0.254. The SMILES string of the molecule is C=C(C#N)N=C(/C(Br)=C\N)N(CC(C)(C)C)NC(=O)OC(C)(C)C. The Morgan fingerprint density at radius 1 is 1.42 bits per heavy atom. The maximum atomic E-state index is 12.1. The number of carbonyl (C=O) groups is 1. The van der Waals surface area contributed by atoms with Gasteiger partial charge in [-0.1, -0.05) is 27.4 Å². The first-order chi connectivity index (χ1) is 10.8. The largest absolute Gasteiger partial charge is 0.443 e. The summed E-state index contributed by atoms with van der Waals surface area (Å²) in [5.41, 5.74) is 7.34. The quantitative estimate of drug-likeness (QED) is 0.327. The molecule has 0 radical (unpaired) electrons. The minimum atomic E-state index is -0.647. The van der Waals surface area contributed by atoms with Gasteiger partial charge in [0.25, 0.3) is 0 Å². The van der Waals surface area contributed by atoms with E-state index >= 15 is 0 Å². The second-order valence-electron chi connectivity index (χ2n) is 7.27. The number of nitriles is 1. The van der Waals surface area contributed by atoms with Crippen LogP contribution < -0.4 is 11.2 Å². The average Bonchev–Trinajstić information content (AvgIpc) is 2.39. The highest BCUT2D eigenvalue weighted by molar-refractivity contribution is 9.12. The Kier molecular flexibility index (Phi) is 8.00. The molecule has 0 heterocycles. The fourth-order valence-electron chi connectivity index (χ4n) is 1.52. The van der Waals surface area contributed by atoms with Gasteiger partial charge in [-0.3, -0.25) is 5.01 Å². The molecule has 0 rings (SSSR count). The second kappa shape index (κ2) is 8.73. The number of amides is 1. The van der Waals surface area contributed by atoms with Crippen LogP contribution in [0.1, 0.15) is 41.5 Å². The van der Waals surface area contributed by atoms with Crippen LogP contribution in [-0.4, -0.2) is 29.1 Å². The molecule has 1 amide bonds. The van der Waals surface area contributed by atoms with E-state index in [2.05, 4.69) is 32.9 Å². The molecule has 0 aliphatic heterocycles. The molecule has 0 fully saturated rings. The van der Waals surface area contributed by atoms with Gasteiger partial charge in [-0.05, 0) is 42.1 Å². The van der Waals surface area contributed by atoms with Crippen molar-refractivity contribution in [3.8, 4) is 6.07 Å². The fourth-order valence-corrected chi connectivity index (χ4v) is 1.83. The molecular weight excluding hydrogens is 374 g/mol. The lowest BCUT2D eigenvalue weighted by Crippen LogP contribution is -2.51. The summed E-state index contributed by atoms with van der Waals surface area (Å²) in [5, 5.41) is 10.4.